The summed E-state index contributed by atoms with van der Waals surface area (Å²) in [4.78, 5) is 18.9. The molecule has 0 spiro atoms. The van der Waals surface area contributed by atoms with Crippen LogP contribution in [0.2, 0.25) is 0 Å². The molecule has 0 aromatic carbocycles. The predicted octanol–water partition coefficient (Wildman–Crippen LogP) is 1.72. The van der Waals surface area contributed by atoms with Gasteiger partial charge in [-0.3, -0.25) is 19.5 Å². The first-order chi connectivity index (χ1) is 16.2. The summed E-state index contributed by atoms with van der Waals surface area (Å²) in [5.74, 6) is 0.161. The lowest BCUT2D eigenvalue weighted by atomic mass is 9.90. The van der Waals surface area contributed by atoms with Crippen molar-refractivity contribution >= 4 is 5.91 Å². The molecule has 8 fully saturated rings. The molecule has 6 unspecified atom stereocenters. The molecule has 6 atom stereocenters. The standard InChI is InChI=1S/C10H18N2O2.2C8H15NO/c1-7(2)12-8-3-10(13)11-4-9(12)6-14-5-8;1-6(2)9-7-3-8(9)5-10-4-7;1-6(2)9-4-7-3-8(5-9)10-7/h7-9H,3-6H2,1-2H3,(H,11,13);2*6-8H,3-5H2,1-2H3. The van der Waals surface area contributed by atoms with E-state index < -0.39 is 0 Å². The second kappa shape index (κ2) is 11.5. The highest BCUT2D eigenvalue weighted by Crippen LogP contribution is 2.32. The predicted molar refractivity (Wildman–Crippen MR) is 133 cm³/mol. The molecule has 6 bridgehead atoms. The Hall–Kier alpha value is -0.770. The SMILES string of the molecule is CC(C)N1C2CNC(=O)CC1COC2.CC(C)N1C2COCC1C2.CC(C)N1CC2CC(C1)O2. The number of fused-ring (bicyclic) bond motifs is 6. The first-order valence-corrected chi connectivity index (χ1v) is 13.6. The number of carbonyl (C=O) groups excluding carboxylic acids is 1. The smallest absolute Gasteiger partial charge is 0.221 e. The molecule has 8 aliphatic rings. The van der Waals surface area contributed by atoms with Crippen molar-refractivity contribution in [3.8, 4) is 0 Å². The average Bonchev–Trinajstić information content (AvgIpc) is 2.87. The molecule has 1 amide bonds. The monoisotopic (exact) mass is 480 g/mol. The molecule has 0 saturated carbocycles. The number of rotatable bonds is 3. The van der Waals surface area contributed by atoms with Gasteiger partial charge in [0.25, 0.3) is 0 Å². The molecular formula is C26H48N4O4. The summed E-state index contributed by atoms with van der Waals surface area (Å²) >= 11 is 0. The van der Waals surface area contributed by atoms with Crippen molar-refractivity contribution < 1.29 is 19.0 Å². The van der Waals surface area contributed by atoms with Crippen molar-refractivity contribution in [2.75, 3.05) is 46.1 Å². The van der Waals surface area contributed by atoms with Gasteiger partial charge in [-0.2, -0.15) is 0 Å². The van der Waals surface area contributed by atoms with E-state index in [1.54, 1.807) is 0 Å². The third kappa shape index (κ3) is 6.13. The van der Waals surface area contributed by atoms with Crippen LogP contribution in [0.4, 0.5) is 0 Å². The molecule has 0 aromatic heterocycles. The Morgan fingerprint density at radius 3 is 1.68 bits per heavy atom. The number of ether oxygens (including phenoxy) is 3. The van der Waals surface area contributed by atoms with E-state index in [0.29, 0.717) is 49.4 Å². The van der Waals surface area contributed by atoms with Gasteiger partial charge in [-0.25, -0.2) is 0 Å². The Morgan fingerprint density at radius 1 is 0.735 bits per heavy atom. The summed E-state index contributed by atoms with van der Waals surface area (Å²) in [6, 6.07) is 4.04. The van der Waals surface area contributed by atoms with Gasteiger partial charge < -0.3 is 19.5 Å². The largest absolute Gasteiger partial charge is 0.378 e. The third-order valence-electron chi connectivity index (χ3n) is 8.14. The maximum absolute atomic E-state index is 11.4. The Bertz CT molecular complexity index is 645. The average molecular weight is 481 g/mol. The lowest BCUT2D eigenvalue weighted by Crippen LogP contribution is -2.65. The van der Waals surface area contributed by atoms with E-state index in [-0.39, 0.29) is 11.9 Å². The summed E-state index contributed by atoms with van der Waals surface area (Å²) in [6.07, 6.45) is 4.40. The lowest BCUT2D eigenvalue weighted by Gasteiger charge is -2.54. The first-order valence-electron chi connectivity index (χ1n) is 13.6. The molecule has 0 aliphatic carbocycles. The summed E-state index contributed by atoms with van der Waals surface area (Å²) < 4.78 is 16.4. The Labute approximate surface area is 206 Å². The second-order valence-corrected chi connectivity index (χ2v) is 11.7. The molecule has 8 heterocycles. The van der Waals surface area contributed by atoms with Crippen LogP contribution in [0, 0.1) is 0 Å². The third-order valence-corrected chi connectivity index (χ3v) is 8.14. The van der Waals surface area contributed by atoms with Gasteiger partial charge in [-0.05, 0) is 48.0 Å². The zero-order valence-electron chi connectivity index (χ0n) is 22.2. The number of nitrogens with one attached hydrogen (secondary N) is 1. The van der Waals surface area contributed by atoms with E-state index in [4.69, 9.17) is 14.2 Å². The highest BCUT2D eigenvalue weighted by molar-refractivity contribution is 5.77. The molecule has 0 aromatic rings. The minimum Gasteiger partial charge on any atom is -0.378 e. The molecule has 8 nitrogen and oxygen atoms in total. The Kier molecular flexibility index (Phi) is 8.91. The maximum atomic E-state index is 11.4. The molecule has 8 aliphatic heterocycles. The number of morpholine rings is 3. The number of hydrogen-bond acceptors (Lipinski definition) is 7. The summed E-state index contributed by atoms with van der Waals surface area (Å²) in [6.45, 7) is 19.8. The van der Waals surface area contributed by atoms with Gasteiger partial charge in [0.1, 0.15) is 0 Å². The normalized spacial score (nSPS) is 37.5. The summed E-state index contributed by atoms with van der Waals surface area (Å²) in [7, 11) is 0. The van der Waals surface area contributed by atoms with Crippen LogP contribution in [-0.4, -0.2) is 121 Å². The van der Waals surface area contributed by atoms with Crippen LogP contribution in [0.3, 0.4) is 0 Å². The van der Waals surface area contributed by atoms with E-state index in [1.807, 2.05) is 0 Å². The topological polar surface area (TPSA) is 66.5 Å². The van der Waals surface area contributed by atoms with Gasteiger partial charge >= 0.3 is 0 Å². The lowest BCUT2D eigenvalue weighted by molar-refractivity contribution is -0.185. The number of amides is 1. The molecule has 8 saturated heterocycles. The fraction of sp³-hybridized carbons (Fsp3) is 0.962. The van der Waals surface area contributed by atoms with Crippen molar-refractivity contribution in [3.63, 3.8) is 0 Å². The zero-order chi connectivity index (χ0) is 24.4. The van der Waals surface area contributed by atoms with Crippen molar-refractivity contribution in [3.05, 3.63) is 0 Å². The van der Waals surface area contributed by atoms with Gasteiger partial charge in [-0.15, -0.1) is 0 Å². The molecule has 1 N–H and O–H groups in total. The molecule has 34 heavy (non-hydrogen) atoms. The summed E-state index contributed by atoms with van der Waals surface area (Å²) in [5, 5.41) is 2.94. The Balaban J connectivity index is 0.000000123. The first kappa shape index (κ1) is 26.3. The van der Waals surface area contributed by atoms with Crippen molar-refractivity contribution in [1.29, 1.82) is 0 Å². The van der Waals surface area contributed by atoms with Gasteiger partial charge in [0.15, 0.2) is 0 Å². The molecule has 8 rings (SSSR count). The molecular weight excluding hydrogens is 432 g/mol. The van der Waals surface area contributed by atoms with E-state index in [0.717, 1.165) is 51.5 Å². The minimum atomic E-state index is 0.161. The van der Waals surface area contributed by atoms with Crippen molar-refractivity contribution in [2.24, 2.45) is 0 Å². The van der Waals surface area contributed by atoms with Gasteiger partial charge in [-0.1, -0.05) is 0 Å². The van der Waals surface area contributed by atoms with Crippen molar-refractivity contribution in [2.45, 2.75) is 115 Å². The van der Waals surface area contributed by atoms with Crippen LogP contribution in [0.15, 0.2) is 0 Å². The van der Waals surface area contributed by atoms with Gasteiger partial charge in [0.05, 0.1) is 44.7 Å². The van der Waals surface area contributed by atoms with Crippen LogP contribution in [0.25, 0.3) is 0 Å². The van der Waals surface area contributed by atoms with E-state index in [9.17, 15) is 4.79 Å². The van der Waals surface area contributed by atoms with Crippen molar-refractivity contribution in [1.82, 2.24) is 20.0 Å². The number of piperidine rings is 1. The second-order valence-electron chi connectivity index (χ2n) is 11.7. The van der Waals surface area contributed by atoms with E-state index >= 15 is 0 Å². The number of carbonyl (C=O) groups is 1. The number of nitrogens with zero attached hydrogens (tertiary/aromatic N) is 3. The van der Waals surface area contributed by atoms with Crippen LogP contribution < -0.4 is 5.32 Å². The zero-order valence-corrected chi connectivity index (χ0v) is 22.2. The van der Waals surface area contributed by atoms with Gasteiger partial charge in [0, 0.05) is 68.7 Å². The molecule has 0 radical (unpaired) electrons. The van der Waals surface area contributed by atoms with E-state index in [2.05, 4.69) is 61.6 Å². The highest BCUT2D eigenvalue weighted by atomic mass is 16.5. The fourth-order valence-electron chi connectivity index (χ4n) is 6.52. The van der Waals surface area contributed by atoms with Gasteiger partial charge in [0.2, 0.25) is 5.91 Å². The fourth-order valence-corrected chi connectivity index (χ4v) is 6.52. The molecule has 8 heteroatoms. The summed E-state index contributed by atoms with van der Waals surface area (Å²) in [5.41, 5.74) is 0. The highest BCUT2D eigenvalue weighted by Gasteiger charge is 2.43. The minimum absolute atomic E-state index is 0.161. The van der Waals surface area contributed by atoms with E-state index in [1.165, 1.54) is 12.8 Å². The van der Waals surface area contributed by atoms with Crippen LogP contribution in [-0.2, 0) is 19.0 Å². The number of hydrogen-bond donors (Lipinski definition) is 1. The maximum Gasteiger partial charge on any atom is 0.221 e. The van der Waals surface area contributed by atoms with Crippen LogP contribution in [0.1, 0.15) is 60.8 Å². The quantitative estimate of drug-likeness (QED) is 0.660. The Morgan fingerprint density at radius 2 is 1.24 bits per heavy atom. The molecule has 196 valence electrons. The van der Waals surface area contributed by atoms with Crippen LogP contribution >= 0.6 is 0 Å². The van der Waals surface area contributed by atoms with Crippen LogP contribution in [0.5, 0.6) is 0 Å².